The molecular weight excluding hydrogens is 331 g/mol. The quantitative estimate of drug-likeness (QED) is 0.612. The summed E-state index contributed by atoms with van der Waals surface area (Å²) in [4.78, 5) is 20.6. The van der Waals surface area contributed by atoms with E-state index in [-0.39, 0.29) is 12.3 Å². The lowest BCUT2D eigenvalue weighted by Gasteiger charge is -2.08. The molecule has 4 rings (SSSR count). The van der Waals surface area contributed by atoms with Crippen LogP contribution in [0.4, 0.5) is 10.2 Å². The van der Waals surface area contributed by atoms with Crippen LogP contribution in [0, 0.1) is 5.82 Å². The van der Waals surface area contributed by atoms with E-state index in [0.717, 1.165) is 10.9 Å². The Balaban J connectivity index is 1.56. The maximum Gasteiger partial charge on any atom is 0.230 e. The van der Waals surface area contributed by atoms with Gasteiger partial charge in [-0.2, -0.15) is 0 Å². The van der Waals surface area contributed by atoms with Crippen molar-refractivity contribution in [3.63, 3.8) is 0 Å². The Morgan fingerprint density at radius 2 is 1.85 bits per heavy atom. The summed E-state index contributed by atoms with van der Waals surface area (Å²) in [5, 5.41) is 3.79. The van der Waals surface area contributed by atoms with Gasteiger partial charge in [0.1, 0.15) is 23.8 Å². The summed E-state index contributed by atoms with van der Waals surface area (Å²) in [7, 11) is 0. The maximum absolute atomic E-state index is 13.7. The Kier molecular flexibility index (Phi) is 4.15. The van der Waals surface area contributed by atoms with Gasteiger partial charge in [-0.05, 0) is 29.1 Å². The van der Waals surface area contributed by atoms with Gasteiger partial charge in [0.05, 0.1) is 11.9 Å². The standard InChI is InChI=1S/C20H15FN4O/c21-16-7-3-1-6-15(16)11-20(26)24-18-12-19(23-13-22-18)25-10-9-14-5-2-4-8-17(14)25/h1-10,12-13H,11H2,(H,22,23,24,26). The van der Waals surface area contributed by atoms with E-state index in [1.54, 1.807) is 24.3 Å². The number of halogens is 1. The minimum atomic E-state index is -0.398. The molecule has 0 spiro atoms. The predicted octanol–water partition coefficient (Wildman–Crippen LogP) is 3.74. The fourth-order valence-electron chi connectivity index (χ4n) is 2.83. The number of fused-ring (bicyclic) bond motifs is 1. The number of carbonyl (C=O) groups is 1. The van der Waals surface area contributed by atoms with Crippen molar-refractivity contribution in [1.29, 1.82) is 0 Å². The Labute approximate surface area is 149 Å². The molecule has 0 fully saturated rings. The molecule has 0 saturated carbocycles. The average Bonchev–Trinajstić information content (AvgIpc) is 3.08. The molecule has 1 amide bonds. The summed E-state index contributed by atoms with van der Waals surface area (Å²) in [6.45, 7) is 0. The van der Waals surface area contributed by atoms with Crippen LogP contribution < -0.4 is 5.32 Å². The molecule has 0 aliphatic rings. The molecule has 2 aromatic carbocycles. The number of rotatable bonds is 4. The Hall–Kier alpha value is -3.54. The minimum absolute atomic E-state index is 0.0571. The Morgan fingerprint density at radius 3 is 2.73 bits per heavy atom. The number of hydrogen-bond donors (Lipinski definition) is 1. The first-order valence-corrected chi connectivity index (χ1v) is 8.12. The zero-order valence-electron chi connectivity index (χ0n) is 13.8. The number of aromatic nitrogens is 3. The SMILES string of the molecule is O=C(Cc1ccccc1F)Nc1cc(-n2ccc3ccccc32)ncn1. The summed E-state index contributed by atoms with van der Waals surface area (Å²) < 4.78 is 15.6. The van der Waals surface area contributed by atoms with Crippen molar-refractivity contribution in [3.8, 4) is 5.82 Å². The minimum Gasteiger partial charge on any atom is -0.310 e. The van der Waals surface area contributed by atoms with Crippen LogP contribution in [0.3, 0.4) is 0 Å². The second-order valence-electron chi connectivity index (χ2n) is 5.82. The number of carbonyl (C=O) groups excluding carboxylic acids is 1. The van der Waals surface area contributed by atoms with Crippen LogP contribution in [0.2, 0.25) is 0 Å². The molecule has 2 heterocycles. The smallest absolute Gasteiger partial charge is 0.230 e. The molecule has 26 heavy (non-hydrogen) atoms. The van der Waals surface area contributed by atoms with Crippen molar-refractivity contribution in [2.45, 2.75) is 6.42 Å². The number of amides is 1. The fraction of sp³-hybridized carbons (Fsp3) is 0.0500. The van der Waals surface area contributed by atoms with Crippen LogP contribution in [0.1, 0.15) is 5.56 Å². The highest BCUT2D eigenvalue weighted by molar-refractivity contribution is 5.91. The van der Waals surface area contributed by atoms with Gasteiger partial charge in [0.25, 0.3) is 0 Å². The van der Waals surface area contributed by atoms with E-state index in [4.69, 9.17) is 0 Å². The summed E-state index contributed by atoms with van der Waals surface area (Å²) in [6, 6.07) is 17.8. The molecule has 0 atom stereocenters. The molecule has 0 aliphatic heterocycles. The molecule has 1 N–H and O–H groups in total. The first kappa shape index (κ1) is 16.0. The second kappa shape index (κ2) is 6.76. The van der Waals surface area contributed by atoms with E-state index < -0.39 is 5.82 Å². The summed E-state index contributed by atoms with van der Waals surface area (Å²) >= 11 is 0. The molecule has 2 aromatic heterocycles. The van der Waals surface area contributed by atoms with E-state index in [1.165, 1.54) is 12.4 Å². The second-order valence-corrected chi connectivity index (χ2v) is 5.82. The van der Waals surface area contributed by atoms with Gasteiger partial charge in [0, 0.05) is 12.3 Å². The Morgan fingerprint density at radius 1 is 1.04 bits per heavy atom. The normalized spacial score (nSPS) is 10.8. The van der Waals surface area contributed by atoms with Crippen molar-refractivity contribution in [1.82, 2.24) is 14.5 Å². The first-order valence-electron chi connectivity index (χ1n) is 8.12. The van der Waals surface area contributed by atoms with Gasteiger partial charge in [-0.3, -0.25) is 4.79 Å². The van der Waals surface area contributed by atoms with Crippen LogP contribution in [0.15, 0.2) is 73.2 Å². The number of hydrogen-bond acceptors (Lipinski definition) is 3. The van der Waals surface area contributed by atoms with Gasteiger partial charge in [0.2, 0.25) is 5.91 Å². The van der Waals surface area contributed by atoms with Crippen LogP contribution in [0.5, 0.6) is 0 Å². The molecule has 0 unspecified atom stereocenters. The zero-order valence-corrected chi connectivity index (χ0v) is 13.8. The molecule has 4 aromatic rings. The van der Waals surface area contributed by atoms with Gasteiger partial charge >= 0.3 is 0 Å². The third kappa shape index (κ3) is 3.17. The van der Waals surface area contributed by atoms with Crippen molar-refractivity contribution >= 4 is 22.6 Å². The number of para-hydroxylation sites is 1. The monoisotopic (exact) mass is 346 g/mol. The summed E-state index contributed by atoms with van der Waals surface area (Å²) in [5.74, 6) is 0.276. The molecule has 0 saturated heterocycles. The topological polar surface area (TPSA) is 59.8 Å². The van der Waals surface area contributed by atoms with Crippen LogP contribution in [-0.2, 0) is 11.2 Å². The van der Waals surface area contributed by atoms with E-state index >= 15 is 0 Å². The predicted molar refractivity (Wildman–Crippen MR) is 97.6 cm³/mol. The van der Waals surface area contributed by atoms with Gasteiger partial charge in [-0.1, -0.05) is 36.4 Å². The highest BCUT2D eigenvalue weighted by Gasteiger charge is 2.10. The molecular formula is C20H15FN4O. The third-order valence-electron chi connectivity index (χ3n) is 4.08. The summed E-state index contributed by atoms with van der Waals surface area (Å²) in [6.07, 6.45) is 3.25. The Bertz CT molecular complexity index is 1090. The largest absolute Gasteiger partial charge is 0.310 e. The number of benzene rings is 2. The number of nitrogens with zero attached hydrogens (tertiary/aromatic N) is 3. The lowest BCUT2D eigenvalue weighted by Crippen LogP contribution is -2.16. The lowest BCUT2D eigenvalue weighted by atomic mass is 10.1. The van der Waals surface area contributed by atoms with Crippen LogP contribution >= 0.6 is 0 Å². The van der Waals surface area contributed by atoms with E-state index in [2.05, 4.69) is 15.3 Å². The van der Waals surface area contributed by atoms with Crippen molar-refractivity contribution in [2.75, 3.05) is 5.32 Å². The van der Waals surface area contributed by atoms with Crippen molar-refractivity contribution in [2.24, 2.45) is 0 Å². The third-order valence-corrected chi connectivity index (χ3v) is 4.08. The van der Waals surface area contributed by atoms with Gasteiger partial charge in [0.15, 0.2) is 0 Å². The summed E-state index contributed by atoms with van der Waals surface area (Å²) in [5.41, 5.74) is 1.35. The van der Waals surface area contributed by atoms with Gasteiger partial charge in [-0.15, -0.1) is 0 Å². The van der Waals surface area contributed by atoms with Crippen LogP contribution in [0.25, 0.3) is 16.7 Å². The first-order chi connectivity index (χ1) is 12.7. The molecule has 128 valence electrons. The van der Waals surface area contributed by atoms with Crippen molar-refractivity contribution in [3.05, 3.63) is 84.6 Å². The number of anilines is 1. The van der Waals surface area contributed by atoms with E-state index in [9.17, 15) is 9.18 Å². The molecule has 0 aliphatic carbocycles. The molecule has 0 radical (unpaired) electrons. The average molecular weight is 346 g/mol. The fourth-order valence-corrected chi connectivity index (χ4v) is 2.83. The highest BCUT2D eigenvalue weighted by atomic mass is 19.1. The maximum atomic E-state index is 13.7. The molecule has 5 nitrogen and oxygen atoms in total. The lowest BCUT2D eigenvalue weighted by molar-refractivity contribution is -0.115. The van der Waals surface area contributed by atoms with Crippen LogP contribution in [-0.4, -0.2) is 20.4 Å². The number of nitrogens with one attached hydrogen (secondary N) is 1. The molecule has 0 bridgehead atoms. The highest BCUT2D eigenvalue weighted by Crippen LogP contribution is 2.20. The van der Waals surface area contributed by atoms with Gasteiger partial charge < -0.3 is 9.88 Å². The van der Waals surface area contributed by atoms with E-state index in [0.29, 0.717) is 17.2 Å². The van der Waals surface area contributed by atoms with Gasteiger partial charge in [-0.25, -0.2) is 14.4 Å². The van der Waals surface area contributed by atoms with E-state index in [1.807, 2.05) is 41.1 Å². The molecule has 6 heteroatoms. The van der Waals surface area contributed by atoms with Crippen molar-refractivity contribution < 1.29 is 9.18 Å². The zero-order chi connectivity index (χ0) is 17.9.